The van der Waals surface area contributed by atoms with E-state index in [4.69, 9.17) is 5.73 Å². The first-order valence-electron chi connectivity index (χ1n) is 8.16. The quantitative estimate of drug-likeness (QED) is 0.928. The number of nitrogens with two attached hydrogens (primary N) is 1. The molecule has 1 saturated heterocycles. The predicted molar refractivity (Wildman–Crippen MR) is 90.7 cm³/mol. The van der Waals surface area contributed by atoms with Gasteiger partial charge in [0.15, 0.2) is 0 Å². The summed E-state index contributed by atoms with van der Waals surface area (Å²) in [6.45, 7) is 13.1. The van der Waals surface area contributed by atoms with Crippen LogP contribution < -0.4 is 5.73 Å². The molecule has 0 bridgehead atoms. The molecule has 0 spiro atoms. The Morgan fingerprint density at radius 2 is 1.81 bits per heavy atom. The van der Waals surface area contributed by atoms with Gasteiger partial charge in [0.05, 0.1) is 0 Å². The fourth-order valence-electron chi connectivity index (χ4n) is 3.99. The Morgan fingerprint density at radius 1 is 1.19 bits per heavy atom. The van der Waals surface area contributed by atoms with Crippen LogP contribution in [-0.4, -0.2) is 49.1 Å². The molecule has 0 saturated carbocycles. The Morgan fingerprint density at radius 3 is 2.38 bits per heavy atom. The number of hydrogen-bond donors (Lipinski definition) is 1. The summed E-state index contributed by atoms with van der Waals surface area (Å²) in [5.74, 6) is 0. The number of rotatable bonds is 3. The van der Waals surface area contributed by atoms with Gasteiger partial charge < -0.3 is 10.6 Å². The van der Waals surface area contributed by atoms with Crippen LogP contribution in [0.3, 0.4) is 0 Å². The minimum absolute atomic E-state index is 0.340. The molecule has 0 amide bonds. The molecule has 0 radical (unpaired) electrons. The van der Waals surface area contributed by atoms with Crippen LogP contribution in [0, 0.1) is 20.8 Å². The van der Waals surface area contributed by atoms with Gasteiger partial charge in [-0.2, -0.15) is 0 Å². The SMILES string of the molecule is Cc1cc(C)c(C(CN)N2CCCN(C)CC2C)c(C)c1. The zero-order valence-corrected chi connectivity index (χ0v) is 14.3. The molecule has 21 heavy (non-hydrogen) atoms. The second-order valence-electron chi connectivity index (χ2n) is 6.77. The van der Waals surface area contributed by atoms with Crippen molar-refractivity contribution in [3.05, 3.63) is 34.4 Å². The van der Waals surface area contributed by atoms with Gasteiger partial charge in [-0.3, -0.25) is 4.90 Å². The van der Waals surface area contributed by atoms with Crippen LogP contribution in [0.4, 0.5) is 0 Å². The molecule has 1 aromatic rings. The van der Waals surface area contributed by atoms with Crippen molar-refractivity contribution in [3.8, 4) is 0 Å². The fraction of sp³-hybridized carbons (Fsp3) is 0.667. The molecule has 2 atom stereocenters. The maximum atomic E-state index is 6.20. The number of nitrogens with zero attached hydrogens (tertiary/aromatic N) is 2. The summed E-state index contributed by atoms with van der Waals surface area (Å²) in [6, 6.07) is 5.47. The van der Waals surface area contributed by atoms with E-state index in [1.807, 2.05) is 0 Å². The Balaban J connectivity index is 2.35. The minimum atomic E-state index is 0.340. The van der Waals surface area contributed by atoms with E-state index >= 15 is 0 Å². The average Bonchev–Trinajstić information content (AvgIpc) is 2.54. The van der Waals surface area contributed by atoms with Gasteiger partial charge in [0.1, 0.15) is 0 Å². The van der Waals surface area contributed by atoms with E-state index in [-0.39, 0.29) is 0 Å². The van der Waals surface area contributed by atoms with Crippen LogP contribution in [0.1, 0.15) is 41.6 Å². The first kappa shape index (κ1) is 16.5. The number of likely N-dealkylation sites (N-methyl/N-ethyl adjacent to an activating group) is 1. The summed E-state index contributed by atoms with van der Waals surface area (Å²) in [6.07, 6.45) is 1.22. The third kappa shape index (κ3) is 3.65. The maximum Gasteiger partial charge on any atom is 0.0479 e. The van der Waals surface area contributed by atoms with Gasteiger partial charge in [0, 0.05) is 31.7 Å². The maximum absolute atomic E-state index is 6.20. The largest absolute Gasteiger partial charge is 0.329 e. The fourth-order valence-corrected chi connectivity index (χ4v) is 3.99. The highest BCUT2D eigenvalue weighted by atomic mass is 15.3. The van der Waals surface area contributed by atoms with Crippen molar-refractivity contribution in [3.63, 3.8) is 0 Å². The first-order valence-corrected chi connectivity index (χ1v) is 8.16. The third-order valence-electron chi connectivity index (χ3n) is 4.79. The normalized spacial score (nSPS) is 23.0. The molecular formula is C18H31N3. The van der Waals surface area contributed by atoms with Gasteiger partial charge in [-0.05, 0) is 64.4 Å². The molecule has 118 valence electrons. The topological polar surface area (TPSA) is 32.5 Å². The summed E-state index contributed by atoms with van der Waals surface area (Å²) in [5, 5.41) is 0. The van der Waals surface area contributed by atoms with Crippen LogP contribution in [0.15, 0.2) is 12.1 Å². The van der Waals surface area contributed by atoms with Gasteiger partial charge in [0.25, 0.3) is 0 Å². The van der Waals surface area contributed by atoms with Gasteiger partial charge in [-0.1, -0.05) is 17.7 Å². The van der Waals surface area contributed by atoms with Gasteiger partial charge in [0.2, 0.25) is 0 Å². The number of aryl methyl sites for hydroxylation is 3. The van der Waals surface area contributed by atoms with Crippen molar-refractivity contribution < 1.29 is 0 Å². The van der Waals surface area contributed by atoms with Crippen molar-refractivity contribution in [2.24, 2.45) is 5.73 Å². The molecule has 0 aliphatic carbocycles. The molecule has 1 fully saturated rings. The molecular weight excluding hydrogens is 258 g/mol. The molecule has 3 nitrogen and oxygen atoms in total. The summed E-state index contributed by atoms with van der Waals surface area (Å²) in [7, 11) is 2.22. The second kappa shape index (κ2) is 6.91. The van der Waals surface area contributed by atoms with E-state index in [1.54, 1.807) is 0 Å². The third-order valence-corrected chi connectivity index (χ3v) is 4.79. The van der Waals surface area contributed by atoms with Crippen LogP contribution >= 0.6 is 0 Å². The average molecular weight is 289 g/mol. The smallest absolute Gasteiger partial charge is 0.0479 e. The lowest BCUT2D eigenvalue weighted by atomic mass is 9.92. The van der Waals surface area contributed by atoms with E-state index in [1.165, 1.54) is 35.2 Å². The molecule has 2 N–H and O–H groups in total. The number of benzene rings is 1. The first-order chi connectivity index (χ1) is 9.93. The van der Waals surface area contributed by atoms with Crippen LogP contribution in [0.5, 0.6) is 0 Å². The lowest BCUT2D eigenvalue weighted by Crippen LogP contribution is -2.43. The van der Waals surface area contributed by atoms with Gasteiger partial charge in [-0.15, -0.1) is 0 Å². The predicted octanol–water partition coefficient (Wildman–Crippen LogP) is 2.64. The van der Waals surface area contributed by atoms with Crippen LogP contribution in [-0.2, 0) is 0 Å². The van der Waals surface area contributed by atoms with Crippen molar-refractivity contribution in [1.82, 2.24) is 9.80 Å². The highest BCUT2D eigenvalue weighted by molar-refractivity contribution is 5.40. The highest BCUT2D eigenvalue weighted by Crippen LogP contribution is 2.30. The van der Waals surface area contributed by atoms with Gasteiger partial charge >= 0.3 is 0 Å². The van der Waals surface area contributed by atoms with Crippen molar-refractivity contribution >= 4 is 0 Å². The zero-order valence-electron chi connectivity index (χ0n) is 14.3. The second-order valence-corrected chi connectivity index (χ2v) is 6.77. The van der Waals surface area contributed by atoms with Crippen LogP contribution in [0.25, 0.3) is 0 Å². The van der Waals surface area contributed by atoms with Crippen LogP contribution in [0.2, 0.25) is 0 Å². The van der Waals surface area contributed by atoms with Gasteiger partial charge in [-0.25, -0.2) is 0 Å². The zero-order chi connectivity index (χ0) is 15.6. The Hall–Kier alpha value is -0.900. The molecule has 0 aromatic heterocycles. The molecule has 2 rings (SSSR count). The molecule has 1 aromatic carbocycles. The molecule has 1 aliphatic heterocycles. The van der Waals surface area contributed by atoms with E-state index in [0.29, 0.717) is 18.6 Å². The minimum Gasteiger partial charge on any atom is -0.329 e. The number of hydrogen-bond acceptors (Lipinski definition) is 3. The van der Waals surface area contributed by atoms with E-state index in [0.717, 1.165) is 13.1 Å². The van der Waals surface area contributed by atoms with E-state index < -0.39 is 0 Å². The highest BCUT2D eigenvalue weighted by Gasteiger charge is 2.28. The van der Waals surface area contributed by atoms with E-state index in [9.17, 15) is 0 Å². The summed E-state index contributed by atoms with van der Waals surface area (Å²) in [5.41, 5.74) is 11.8. The Bertz CT molecular complexity index is 460. The van der Waals surface area contributed by atoms with Crippen molar-refractivity contribution in [2.75, 3.05) is 33.2 Å². The standard InChI is InChI=1S/C18H31N3/c1-13-9-14(2)18(15(3)10-13)17(11-19)21-8-6-7-20(5)12-16(21)4/h9-10,16-17H,6-8,11-12,19H2,1-5H3. The lowest BCUT2D eigenvalue weighted by Gasteiger charge is -2.37. The van der Waals surface area contributed by atoms with Crippen molar-refractivity contribution in [2.45, 2.75) is 46.2 Å². The Labute approximate surface area is 130 Å². The molecule has 3 heteroatoms. The monoisotopic (exact) mass is 289 g/mol. The summed E-state index contributed by atoms with van der Waals surface area (Å²) >= 11 is 0. The molecule has 1 aliphatic rings. The summed E-state index contributed by atoms with van der Waals surface area (Å²) < 4.78 is 0. The summed E-state index contributed by atoms with van der Waals surface area (Å²) in [4.78, 5) is 5.06. The molecule has 2 unspecified atom stereocenters. The Kier molecular flexibility index (Phi) is 5.42. The van der Waals surface area contributed by atoms with Crippen molar-refractivity contribution in [1.29, 1.82) is 0 Å². The lowest BCUT2D eigenvalue weighted by molar-refractivity contribution is 0.145. The molecule has 1 heterocycles. The van der Waals surface area contributed by atoms with E-state index in [2.05, 4.69) is 56.7 Å².